The van der Waals surface area contributed by atoms with Crippen LogP contribution in [0.4, 0.5) is 0 Å². The van der Waals surface area contributed by atoms with Crippen LogP contribution < -0.4 is 5.73 Å². The van der Waals surface area contributed by atoms with Gasteiger partial charge in [-0.15, -0.1) is 0 Å². The molecule has 0 saturated heterocycles. The first-order valence-corrected chi connectivity index (χ1v) is 10.1. The zero-order chi connectivity index (χ0) is 21.0. The van der Waals surface area contributed by atoms with Gasteiger partial charge in [-0.25, -0.2) is 0 Å². The van der Waals surface area contributed by atoms with Crippen molar-refractivity contribution in [2.45, 2.75) is 32.7 Å². The monoisotopic (exact) mass is 395 g/mol. The Morgan fingerprint density at radius 2 is 1.97 bits per heavy atom. The summed E-state index contributed by atoms with van der Waals surface area (Å²) in [6, 6.07) is 13.6. The molecule has 0 aliphatic carbocycles. The van der Waals surface area contributed by atoms with E-state index in [9.17, 15) is 14.7 Å². The van der Waals surface area contributed by atoms with Crippen LogP contribution in [0.2, 0.25) is 0 Å². The van der Waals surface area contributed by atoms with Gasteiger partial charge in [0, 0.05) is 13.1 Å². The highest BCUT2D eigenvalue weighted by molar-refractivity contribution is 5.85. The third kappa shape index (κ3) is 4.77. The molecule has 154 valence electrons. The predicted molar refractivity (Wildman–Crippen MR) is 112 cm³/mol. The van der Waals surface area contributed by atoms with Crippen molar-refractivity contribution in [1.82, 2.24) is 9.80 Å². The summed E-state index contributed by atoms with van der Waals surface area (Å²) in [5.74, 6) is -0.333. The van der Waals surface area contributed by atoms with E-state index in [2.05, 4.69) is 24.0 Å². The molecule has 3 rings (SSSR count). The van der Waals surface area contributed by atoms with Crippen LogP contribution in [0.15, 0.2) is 42.5 Å². The summed E-state index contributed by atoms with van der Waals surface area (Å²) in [4.78, 5) is 28.1. The van der Waals surface area contributed by atoms with E-state index in [1.165, 1.54) is 0 Å². The Morgan fingerprint density at radius 1 is 1.21 bits per heavy atom. The van der Waals surface area contributed by atoms with Crippen molar-refractivity contribution in [3.63, 3.8) is 0 Å². The largest absolute Gasteiger partial charge is 0.508 e. The lowest BCUT2D eigenvalue weighted by Gasteiger charge is -2.39. The van der Waals surface area contributed by atoms with Crippen LogP contribution in [0.1, 0.15) is 41.6 Å². The molecular formula is C23H29N3O3. The van der Waals surface area contributed by atoms with E-state index < -0.39 is 5.91 Å². The van der Waals surface area contributed by atoms with Gasteiger partial charge in [-0.1, -0.05) is 37.3 Å². The number of aryl methyl sites for hydroxylation is 1. The van der Waals surface area contributed by atoms with Crippen molar-refractivity contribution >= 4 is 11.8 Å². The molecule has 0 fully saturated rings. The number of phenolic OH excluding ortho intramolecular Hbond substituents is 1. The molecule has 2 aromatic carbocycles. The summed E-state index contributed by atoms with van der Waals surface area (Å²) in [5.41, 5.74) is 9.84. The Kier molecular flexibility index (Phi) is 6.54. The number of benzene rings is 2. The summed E-state index contributed by atoms with van der Waals surface area (Å²) in [6.07, 6.45) is 1.52. The second-order valence-electron chi connectivity index (χ2n) is 7.64. The minimum absolute atomic E-state index is 0.0556. The van der Waals surface area contributed by atoms with E-state index >= 15 is 0 Å². The maximum Gasteiger partial charge on any atom is 0.237 e. The second-order valence-corrected chi connectivity index (χ2v) is 7.64. The van der Waals surface area contributed by atoms with Crippen molar-refractivity contribution in [3.8, 4) is 5.75 Å². The molecule has 0 aromatic heterocycles. The summed E-state index contributed by atoms with van der Waals surface area (Å²) in [6.45, 7) is 5.40. The van der Waals surface area contributed by atoms with Crippen LogP contribution in [0.25, 0.3) is 0 Å². The first-order valence-electron chi connectivity index (χ1n) is 10.1. The van der Waals surface area contributed by atoms with E-state index in [1.807, 2.05) is 31.2 Å². The van der Waals surface area contributed by atoms with Crippen LogP contribution in [0.3, 0.4) is 0 Å². The van der Waals surface area contributed by atoms with Gasteiger partial charge in [-0.2, -0.15) is 0 Å². The minimum atomic E-state index is -0.498. The topological polar surface area (TPSA) is 86.9 Å². The molecule has 2 amide bonds. The lowest BCUT2D eigenvalue weighted by atomic mass is 9.86. The fraction of sp³-hybridized carbons (Fsp3) is 0.391. The van der Waals surface area contributed by atoms with Crippen molar-refractivity contribution < 1.29 is 14.7 Å². The zero-order valence-electron chi connectivity index (χ0n) is 17.1. The number of phenols is 1. The second kappa shape index (κ2) is 9.09. The van der Waals surface area contributed by atoms with E-state index in [1.54, 1.807) is 11.0 Å². The number of primary amides is 1. The number of hydrogen-bond acceptors (Lipinski definition) is 4. The molecule has 0 radical (unpaired) electrons. The molecular weight excluding hydrogens is 366 g/mol. The van der Waals surface area contributed by atoms with Crippen LogP contribution in [-0.4, -0.2) is 52.9 Å². The third-order valence-electron chi connectivity index (χ3n) is 5.47. The molecule has 6 nitrogen and oxygen atoms in total. The van der Waals surface area contributed by atoms with E-state index in [4.69, 9.17) is 5.73 Å². The average molecular weight is 396 g/mol. The molecule has 0 saturated carbocycles. The molecule has 0 bridgehead atoms. The van der Waals surface area contributed by atoms with Gasteiger partial charge in [0.1, 0.15) is 5.75 Å². The van der Waals surface area contributed by atoms with E-state index in [0.29, 0.717) is 13.1 Å². The van der Waals surface area contributed by atoms with Crippen LogP contribution in [-0.2, 0) is 16.0 Å². The van der Waals surface area contributed by atoms with Crippen LogP contribution in [0, 0.1) is 6.92 Å². The Hall–Kier alpha value is -2.86. The van der Waals surface area contributed by atoms with Gasteiger partial charge in [0.05, 0.1) is 19.1 Å². The highest BCUT2D eigenvalue weighted by Gasteiger charge is 2.32. The Morgan fingerprint density at radius 3 is 2.66 bits per heavy atom. The van der Waals surface area contributed by atoms with Crippen molar-refractivity contribution in [2.75, 3.05) is 26.2 Å². The first-order chi connectivity index (χ1) is 13.9. The summed E-state index contributed by atoms with van der Waals surface area (Å²) in [7, 11) is 0. The number of hydrogen-bond donors (Lipinski definition) is 2. The molecule has 1 aliphatic rings. The Balaban J connectivity index is 1.94. The average Bonchev–Trinajstić information content (AvgIpc) is 2.68. The molecule has 1 heterocycles. The third-order valence-corrected chi connectivity index (χ3v) is 5.47. The Labute approximate surface area is 171 Å². The number of rotatable bonds is 7. The van der Waals surface area contributed by atoms with Crippen LogP contribution >= 0.6 is 0 Å². The van der Waals surface area contributed by atoms with Gasteiger partial charge in [0.15, 0.2) is 0 Å². The zero-order valence-corrected chi connectivity index (χ0v) is 17.1. The molecule has 29 heavy (non-hydrogen) atoms. The number of nitrogens with zero attached hydrogens (tertiary/aromatic N) is 2. The van der Waals surface area contributed by atoms with Crippen molar-refractivity contribution in [2.24, 2.45) is 5.73 Å². The van der Waals surface area contributed by atoms with Gasteiger partial charge >= 0.3 is 0 Å². The van der Waals surface area contributed by atoms with Crippen molar-refractivity contribution in [1.29, 1.82) is 0 Å². The summed E-state index contributed by atoms with van der Waals surface area (Å²) in [5, 5.41) is 9.91. The lowest BCUT2D eigenvalue weighted by molar-refractivity contribution is -0.136. The summed E-state index contributed by atoms with van der Waals surface area (Å²) >= 11 is 0. The fourth-order valence-electron chi connectivity index (χ4n) is 4.12. The standard InChI is InChI=1S/C23H29N3O3/c1-3-11-25(14-21(24)28)22(29)15-26-12-10-17-13-18(27)8-9-20(17)23(26)19-7-5-4-6-16(19)2/h4-9,13,23,27H,3,10-12,14-15H2,1-2H3,(H2,24,28). The van der Waals surface area contributed by atoms with E-state index in [-0.39, 0.29) is 30.8 Å². The molecule has 1 unspecified atom stereocenters. The smallest absolute Gasteiger partial charge is 0.237 e. The lowest BCUT2D eigenvalue weighted by Crippen LogP contribution is -2.47. The van der Waals surface area contributed by atoms with E-state index in [0.717, 1.165) is 35.1 Å². The van der Waals surface area contributed by atoms with Crippen molar-refractivity contribution in [3.05, 3.63) is 64.7 Å². The molecule has 0 spiro atoms. The quantitative estimate of drug-likeness (QED) is 0.754. The Bertz CT molecular complexity index is 897. The van der Waals surface area contributed by atoms with Gasteiger partial charge in [-0.3, -0.25) is 14.5 Å². The maximum absolute atomic E-state index is 13.0. The number of fused-ring (bicyclic) bond motifs is 1. The van der Waals surface area contributed by atoms with Crippen LogP contribution in [0.5, 0.6) is 5.75 Å². The highest BCUT2D eigenvalue weighted by Crippen LogP contribution is 2.37. The molecule has 3 N–H and O–H groups in total. The predicted octanol–water partition coefficient (Wildman–Crippen LogP) is 2.37. The molecule has 6 heteroatoms. The molecule has 1 aliphatic heterocycles. The number of nitrogens with two attached hydrogens (primary N) is 1. The highest BCUT2D eigenvalue weighted by atomic mass is 16.3. The fourth-order valence-corrected chi connectivity index (χ4v) is 4.12. The number of carbonyl (C=O) groups excluding carboxylic acids is 2. The number of amides is 2. The normalized spacial score (nSPS) is 16.3. The first kappa shape index (κ1) is 20.9. The van der Waals surface area contributed by atoms with Gasteiger partial charge in [-0.05, 0) is 54.2 Å². The molecule has 2 aromatic rings. The minimum Gasteiger partial charge on any atom is -0.508 e. The number of carbonyl (C=O) groups is 2. The summed E-state index contributed by atoms with van der Waals surface area (Å²) < 4.78 is 0. The number of aromatic hydroxyl groups is 1. The van der Waals surface area contributed by atoms with Gasteiger partial charge in [0.2, 0.25) is 11.8 Å². The van der Waals surface area contributed by atoms with Gasteiger partial charge < -0.3 is 15.7 Å². The van der Waals surface area contributed by atoms with Gasteiger partial charge in [0.25, 0.3) is 0 Å². The maximum atomic E-state index is 13.0. The molecule has 1 atom stereocenters. The SMILES string of the molecule is CCCN(CC(N)=O)C(=O)CN1CCc2cc(O)ccc2C1c1ccccc1C.